The third kappa shape index (κ3) is 3.99. The van der Waals surface area contributed by atoms with E-state index in [1.165, 1.54) is 0 Å². The van der Waals surface area contributed by atoms with Gasteiger partial charge in [-0.3, -0.25) is 4.79 Å². The first-order valence-corrected chi connectivity index (χ1v) is 10.1. The van der Waals surface area contributed by atoms with Gasteiger partial charge in [-0.15, -0.1) is 11.8 Å². The summed E-state index contributed by atoms with van der Waals surface area (Å²) in [4.78, 5) is 17.2. The molecule has 2 fully saturated rings. The molecule has 0 radical (unpaired) electrons. The van der Waals surface area contributed by atoms with Gasteiger partial charge in [-0.05, 0) is 57.6 Å². The first-order valence-electron chi connectivity index (χ1n) is 9.25. The van der Waals surface area contributed by atoms with Gasteiger partial charge < -0.3 is 15.1 Å². The molecule has 0 aromatic heterocycles. The second kappa shape index (κ2) is 7.89. The molecule has 2 heterocycles. The fourth-order valence-electron chi connectivity index (χ4n) is 3.80. The van der Waals surface area contributed by atoms with Crippen LogP contribution in [0.15, 0.2) is 43.0 Å². The Morgan fingerprint density at radius 2 is 2.00 bits per heavy atom. The zero-order valence-electron chi connectivity index (χ0n) is 16.0. The van der Waals surface area contributed by atoms with Crippen LogP contribution in [0.5, 0.6) is 0 Å². The van der Waals surface area contributed by atoms with E-state index in [1.54, 1.807) is 6.08 Å². The van der Waals surface area contributed by atoms with E-state index in [4.69, 9.17) is 0 Å². The number of hydrogen-bond donors (Lipinski definition) is 1. The van der Waals surface area contributed by atoms with Gasteiger partial charge in [0.2, 0.25) is 5.91 Å². The third-order valence-corrected chi connectivity index (χ3v) is 7.10. The van der Waals surface area contributed by atoms with Crippen molar-refractivity contribution in [3.05, 3.63) is 48.6 Å². The van der Waals surface area contributed by atoms with Crippen LogP contribution in [0.4, 0.5) is 5.69 Å². The zero-order valence-corrected chi connectivity index (χ0v) is 16.8. The quantitative estimate of drug-likeness (QED) is 0.647. The monoisotopic (exact) mass is 371 g/mol. The average molecular weight is 372 g/mol. The Hall–Kier alpha value is -1.72. The zero-order chi connectivity index (χ0) is 18.7. The maximum absolute atomic E-state index is 12.8. The lowest BCUT2D eigenvalue weighted by Crippen LogP contribution is -2.44. The predicted molar refractivity (Wildman–Crippen MR) is 112 cm³/mol. The van der Waals surface area contributed by atoms with Crippen LogP contribution in [0.3, 0.4) is 0 Å². The molecule has 1 aromatic carbocycles. The highest BCUT2D eigenvalue weighted by molar-refractivity contribution is 8.01. The Morgan fingerprint density at radius 3 is 2.69 bits per heavy atom. The van der Waals surface area contributed by atoms with Crippen molar-refractivity contribution in [2.75, 3.05) is 39.0 Å². The summed E-state index contributed by atoms with van der Waals surface area (Å²) in [6.45, 7) is 9.38. The number of nitrogens with one attached hydrogen (secondary N) is 1. The lowest BCUT2D eigenvalue weighted by Gasteiger charge is -2.36. The van der Waals surface area contributed by atoms with Crippen molar-refractivity contribution in [3.63, 3.8) is 0 Å². The summed E-state index contributed by atoms with van der Waals surface area (Å²) >= 11 is 1.98. The topological polar surface area (TPSA) is 35.6 Å². The number of para-hydroxylation sites is 1. The normalized spacial score (nSPS) is 22.9. The molecule has 2 saturated heterocycles. The first kappa shape index (κ1) is 19.1. The first-order chi connectivity index (χ1) is 12.4. The third-order valence-electron chi connectivity index (χ3n) is 5.47. The average Bonchev–Trinajstić information content (AvgIpc) is 2.98. The van der Waals surface area contributed by atoms with E-state index in [9.17, 15) is 4.79 Å². The molecule has 1 unspecified atom stereocenters. The van der Waals surface area contributed by atoms with Crippen LogP contribution in [0, 0.1) is 0 Å². The van der Waals surface area contributed by atoms with E-state index >= 15 is 0 Å². The second-order valence-corrected chi connectivity index (χ2v) is 9.11. The molecule has 0 saturated carbocycles. The molecular weight excluding hydrogens is 342 g/mol. The van der Waals surface area contributed by atoms with E-state index < -0.39 is 0 Å². The maximum atomic E-state index is 12.8. The van der Waals surface area contributed by atoms with Gasteiger partial charge in [-0.1, -0.05) is 24.8 Å². The van der Waals surface area contributed by atoms with Crippen LogP contribution in [-0.2, 0) is 4.79 Å². The van der Waals surface area contributed by atoms with Gasteiger partial charge in [0.1, 0.15) is 0 Å². The van der Waals surface area contributed by atoms with Crippen LogP contribution in [-0.4, -0.2) is 59.6 Å². The minimum atomic E-state index is 0.0869. The number of amides is 1. The number of carbonyl (C=O) groups excluding carboxylic acids is 1. The molecule has 140 valence electrons. The van der Waals surface area contributed by atoms with Crippen molar-refractivity contribution in [3.8, 4) is 0 Å². The van der Waals surface area contributed by atoms with Gasteiger partial charge in [-0.2, -0.15) is 0 Å². The molecule has 1 N–H and O–H groups in total. The largest absolute Gasteiger partial charge is 0.388 e. The fourth-order valence-corrected chi connectivity index (χ4v) is 5.46. The lowest BCUT2D eigenvalue weighted by atomic mass is 9.95. The summed E-state index contributed by atoms with van der Waals surface area (Å²) in [6, 6.07) is 8.01. The minimum absolute atomic E-state index is 0.0869. The Balaban J connectivity index is 1.66. The molecule has 1 amide bonds. The number of hydrogen-bond acceptors (Lipinski definition) is 4. The van der Waals surface area contributed by atoms with Gasteiger partial charge >= 0.3 is 0 Å². The number of benzene rings is 1. The SMILES string of the molecule is C=C(C=CC(=O)N1CC2(CCN(C)CC2)SC1C)c1ccccc1NC. The van der Waals surface area contributed by atoms with E-state index in [1.807, 2.05) is 54.1 Å². The molecular formula is C21H29N3OS. The van der Waals surface area contributed by atoms with Crippen LogP contribution in [0.1, 0.15) is 25.3 Å². The smallest absolute Gasteiger partial charge is 0.247 e. The van der Waals surface area contributed by atoms with Crippen molar-refractivity contribution < 1.29 is 4.79 Å². The number of nitrogens with zero attached hydrogens (tertiary/aromatic N) is 2. The molecule has 3 rings (SSSR count). The van der Waals surface area contributed by atoms with Crippen molar-refractivity contribution in [2.24, 2.45) is 0 Å². The summed E-state index contributed by atoms with van der Waals surface area (Å²) in [5, 5.41) is 3.40. The highest BCUT2D eigenvalue weighted by Gasteiger charge is 2.45. The Labute approximate surface area is 161 Å². The Kier molecular flexibility index (Phi) is 5.78. The number of rotatable bonds is 4. The van der Waals surface area contributed by atoms with Crippen LogP contribution in [0.2, 0.25) is 0 Å². The molecule has 2 aliphatic rings. The minimum Gasteiger partial charge on any atom is -0.388 e. The summed E-state index contributed by atoms with van der Waals surface area (Å²) in [7, 11) is 4.07. The Bertz CT molecular complexity index is 707. The number of piperidine rings is 1. The number of carbonyl (C=O) groups is 1. The number of thioether (sulfide) groups is 1. The summed E-state index contributed by atoms with van der Waals surface area (Å²) in [5.41, 5.74) is 2.89. The highest BCUT2D eigenvalue weighted by Crippen LogP contribution is 2.46. The van der Waals surface area contributed by atoms with Crippen molar-refractivity contribution >= 4 is 28.9 Å². The van der Waals surface area contributed by atoms with Crippen LogP contribution < -0.4 is 5.32 Å². The Morgan fingerprint density at radius 1 is 1.31 bits per heavy atom. The molecule has 1 spiro atoms. The van der Waals surface area contributed by atoms with Crippen molar-refractivity contribution in [1.82, 2.24) is 9.80 Å². The van der Waals surface area contributed by atoms with E-state index in [2.05, 4.69) is 30.8 Å². The van der Waals surface area contributed by atoms with Gasteiger partial charge in [0.25, 0.3) is 0 Å². The molecule has 26 heavy (non-hydrogen) atoms. The predicted octanol–water partition coefficient (Wildman–Crippen LogP) is 3.68. The van der Waals surface area contributed by atoms with E-state index in [-0.39, 0.29) is 16.0 Å². The molecule has 5 heteroatoms. The number of likely N-dealkylation sites (tertiary alicyclic amines) is 1. The van der Waals surface area contributed by atoms with Crippen molar-refractivity contribution in [1.29, 1.82) is 0 Å². The number of allylic oxidation sites excluding steroid dienone is 2. The van der Waals surface area contributed by atoms with Gasteiger partial charge in [0.05, 0.1) is 5.37 Å². The molecule has 0 bridgehead atoms. The molecule has 4 nitrogen and oxygen atoms in total. The van der Waals surface area contributed by atoms with Gasteiger partial charge in [0.15, 0.2) is 0 Å². The fraction of sp³-hybridized carbons (Fsp3) is 0.476. The van der Waals surface area contributed by atoms with E-state index in [0.29, 0.717) is 0 Å². The highest BCUT2D eigenvalue weighted by atomic mass is 32.2. The summed E-state index contributed by atoms with van der Waals surface area (Å²) in [6.07, 6.45) is 5.85. The van der Waals surface area contributed by atoms with Crippen LogP contribution >= 0.6 is 11.8 Å². The molecule has 0 aliphatic carbocycles. The van der Waals surface area contributed by atoms with Crippen molar-refractivity contribution in [2.45, 2.75) is 29.9 Å². The lowest BCUT2D eigenvalue weighted by molar-refractivity contribution is -0.126. The second-order valence-electron chi connectivity index (χ2n) is 7.32. The van der Waals surface area contributed by atoms with Gasteiger partial charge in [-0.25, -0.2) is 0 Å². The van der Waals surface area contributed by atoms with Crippen LogP contribution in [0.25, 0.3) is 5.57 Å². The van der Waals surface area contributed by atoms with Gasteiger partial charge in [0, 0.05) is 35.7 Å². The standard InChI is InChI=1S/C21H29N3OS/c1-16(18-7-5-6-8-19(18)22-3)9-10-20(25)24-15-21(26-17(24)2)11-13-23(4)14-12-21/h5-10,17,22H,1,11-15H2,2-4H3. The molecule has 1 atom stereocenters. The van der Waals surface area contributed by atoms with E-state index in [0.717, 1.165) is 49.3 Å². The molecule has 1 aromatic rings. The maximum Gasteiger partial charge on any atom is 0.247 e. The summed E-state index contributed by atoms with van der Waals surface area (Å²) in [5.74, 6) is 0.0869. The molecule has 2 aliphatic heterocycles. The summed E-state index contributed by atoms with van der Waals surface area (Å²) < 4.78 is 0.241. The number of anilines is 1.